The van der Waals surface area contributed by atoms with Gasteiger partial charge in [0.1, 0.15) is 5.54 Å². The molecule has 0 aromatic heterocycles. The summed E-state index contributed by atoms with van der Waals surface area (Å²) in [6, 6.07) is 7.11. The third-order valence-electron chi connectivity index (χ3n) is 4.46. The lowest BCUT2D eigenvalue weighted by Gasteiger charge is -2.36. The van der Waals surface area contributed by atoms with Gasteiger partial charge >= 0.3 is 6.03 Å². The second kappa shape index (κ2) is 5.53. The summed E-state index contributed by atoms with van der Waals surface area (Å²) in [5.74, 6) is -0.169. The Balaban J connectivity index is 1.58. The lowest BCUT2D eigenvalue weighted by molar-refractivity contribution is -0.125. The zero-order valence-electron chi connectivity index (χ0n) is 12.5. The summed E-state index contributed by atoms with van der Waals surface area (Å²) in [5, 5.41) is 5.01. The number of carbonyl (C=O) groups excluding carboxylic acids is 3. The number of rotatable bonds is 3. The first-order chi connectivity index (χ1) is 10.5. The summed E-state index contributed by atoms with van der Waals surface area (Å²) < 4.78 is 0. The fourth-order valence-corrected chi connectivity index (χ4v) is 3.01. The van der Waals surface area contributed by atoms with E-state index in [1.807, 2.05) is 36.1 Å². The number of ketones is 1. The first kappa shape index (κ1) is 14.7. The first-order valence-corrected chi connectivity index (χ1v) is 7.44. The van der Waals surface area contributed by atoms with E-state index in [9.17, 15) is 14.4 Å². The van der Waals surface area contributed by atoms with Crippen molar-refractivity contribution in [3.63, 3.8) is 0 Å². The van der Waals surface area contributed by atoms with E-state index in [-0.39, 0.29) is 11.7 Å². The quantitative estimate of drug-likeness (QED) is 0.641. The third-order valence-corrected chi connectivity index (χ3v) is 4.46. The first-order valence-electron chi connectivity index (χ1n) is 7.44. The van der Waals surface area contributed by atoms with Crippen LogP contribution in [-0.2, 0) is 4.79 Å². The minimum Gasteiger partial charge on any atom is -0.323 e. The van der Waals surface area contributed by atoms with Crippen LogP contribution in [0.4, 0.5) is 4.79 Å². The SMILES string of the molecule is Cc1ccc(C(=O)CN2CCC3(CC2)NC(=O)NC3=O)cc1. The molecule has 2 heterocycles. The summed E-state index contributed by atoms with van der Waals surface area (Å²) in [4.78, 5) is 37.4. The second-order valence-electron chi connectivity index (χ2n) is 6.06. The molecule has 0 radical (unpaired) electrons. The van der Waals surface area contributed by atoms with Crippen molar-refractivity contribution in [1.29, 1.82) is 0 Å². The van der Waals surface area contributed by atoms with Crippen LogP contribution in [0.2, 0.25) is 0 Å². The topological polar surface area (TPSA) is 78.5 Å². The van der Waals surface area contributed by atoms with Gasteiger partial charge in [-0.1, -0.05) is 29.8 Å². The van der Waals surface area contributed by atoms with Gasteiger partial charge in [0, 0.05) is 18.7 Å². The van der Waals surface area contributed by atoms with E-state index in [1.165, 1.54) is 0 Å². The molecule has 3 amide bonds. The number of imide groups is 1. The van der Waals surface area contributed by atoms with Crippen LogP contribution in [-0.4, -0.2) is 47.8 Å². The molecule has 0 atom stereocenters. The van der Waals surface area contributed by atoms with Gasteiger partial charge in [-0.3, -0.25) is 19.8 Å². The monoisotopic (exact) mass is 301 g/mol. The Morgan fingerprint density at radius 2 is 1.82 bits per heavy atom. The molecule has 1 spiro atoms. The Hall–Kier alpha value is -2.21. The Morgan fingerprint density at radius 1 is 1.18 bits per heavy atom. The number of aryl methyl sites for hydroxylation is 1. The number of carbonyl (C=O) groups is 3. The molecule has 6 heteroatoms. The highest BCUT2D eigenvalue weighted by molar-refractivity contribution is 6.07. The number of Topliss-reactive ketones (excluding diaryl/α,β-unsaturated/α-hetero) is 1. The van der Waals surface area contributed by atoms with E-state index in [0.717, 1.165) is 5.56 Å². The van der Waals surface area contributed by atoms with Gasteiger partial charge in [0.05, 0.1) is 6.54 Å². The molecule has 2 saturated heterocycles. The summed E-state index contributed by atoms with van der Waals surface area (Å²) in [6.45, 7) is 3.56. The van der Waals surface area contributed by atoms with E-state index < -0.39 is 11.6 Å². The van der Waals surface area contributed by atoms with Gasteiger partial charge in [0.25, 0.3) is 5.91 Å². The van der Waals surface area contributed by atoms with Crippen molar-refractivity contribution < 1.29 is 14.4 Å². The molecule has 1 aromatic carbocycles. The van der Waals surface area contributed by atoms with Crippen LogP contribution in [0, 0.1) is 6.92 Å². The molecule has 6 nitrogen and oxygen atoms in total. The lowest BCUT2D eigenvalue weighted by atomic mass is 9.87. The molecule has 3 rings (SSSR count). The van der Waals surface area contributed by atoms with Crippen LogP contribution in [0.1, 0.15) is 28.8 Å². The van der Waals surface area contributed by atoms with Crippen LogP contribution < -0.4 is 10.6 Å². The van der Waals surface area contributed by atoms with Crippen molar-refractivity contribution in [1.82, 2.24) is 15.5 Å². The summed E-state index contributed by atoms with van der Waals surface area (Å²) in [5.41, 5.74) is 1.05. The van der Waals surface area contributed by atoms with E-state index in [0.29, 0.717) is 38.0 Å². The van der Waals surface area contributed by atoms with Gasteiger partial charge in [0.2, 0.25) is 0 Å². The minimum atomic E-state index is -0.777. The Kier molecular flexibility index (Phi) is 3.70. The average molecular weight is 301 g/mol. The number of benzene rings is 1. The molecule has 2 fully saturated rings. The lowest BCUT2D eigenvalue weighted by Crippen LogP contribution is -2.55. The fourth-order valence-electron chi connectivity index (χ4n) is 3.01. The normalized spacial score (nSPS) is 20.8. The molecule has 1 aromatic rings. The molecule has 0 bridgehead atoms. The Bertz CT molecular complexity index is 616. The van der Waals surface area contributed by atoms with Crippen LogP contribution in [0.15, 0.2) is 24.3 Å². The summed E-state index contributed by atoms with van der Waals surface area (Å²) in [6.07, 6.45) is 1.07. The van der Waals surface area contributed by atoms with Crippen molar-refractivity contribution >= 4 is 17.7 Å². The maximum absolute atomic E-state index is 12.3. The predicted octanol–water partition coefficient (Wildman–Crippen LogP) is 0.852. The minimum absolute atomic E-state index is 0.0795. The number of urea groups is 1. The maximum atomic E-state index is 12.3. The Labute approximate surface area is 128 Å². The molecule has 0 saturated carbocycles. The Morgan fingerprint density at radius 3 is 2.36 bits per heavy atom. The van der Waals surface area contributed by atoms with Gasteiger partial charge in [-0.25, -0.2) is 4.79 Å². The van der Waals surface area contributed by atoms with E-state index in [4.69, 9.17) is 0 Å². The van der Waals surface area contributed by atoms with Crippen LogP contribution in [0.5, 0.6) is 0 Å². The van der Waals surface area contributed by atoms with Gasteiger partial charge < -0.3 is 5.32 Å². The molecular formula is C16H19N3O3. The number of hydrogen-bond donors (Lipinski definition) is 2. The third kappa shape index (κ3) is 2.74. The molecule has 2 aliphatic rings. The smallest absolute Gasteiger partial charge is 0.322 e. The van der Waals surface area contributed by atoms with Crippen LogP contribution in [0.25, 0.3) is 0 Å². The van der Waals surface area contributed by atoms with Crippen molar-refractivity contribution in [3.8, 4) is 0 Å². The molecule has 2 N–H and O–H groups in total. The fraction of sp³-hybridized carbons (Fsp3) is 0.438. The zero-order valence-corrected chi connectivity index (χ0v) is 12.5. The molecule has 0 unspecified atom stereocenters. The standard InChI is InChI=1S/C16H19N3O3/c1-11-2-4-12(5-3-11)13(20)10-19-8-6-16(7-9-19)14(21)17-15(22)18-16/h2-5H,6-10H2,1H3,(H2,17,18,21,22). The predicted molar refractivity (Wildman–Crippen MR) is 80.6 cm³/mol. The number of hydrogen-bond acceptors (Lipinski definition) is 4. The van der Waals surface area contributed by atoms with Crippen molar-refractivity contribution in [2.45, 2.75) is 25.3 Å². The van der Waals surface area contributed by atoms with Gasteiger partial charge in [-0.05, 0) is 19.8 Å². The van der Waals surface area contributed by atoms with E-state index in [1.54, 1.807) is 0 Å². The van der Waals surface area contributed by atoms with Crippen molar-refractivity contribution in [2.24, 2.45) is 0 Å². The van der Waals surface area contributed by atoms with Gasteiger partial charge in [-0.2, -0.15) is 0 Å². The van der Waals surface area contributed by atoms with Crippen molar-refractivity contribution in [3.05, 3.63) is 35.4 Å². The van der Waals surface area contributed by atoms with Crippen molar-refractivity contribution in [2.75, 3.05) is 19.6 Å². The molecule has 116 valence electrons. The summed E-state index contributed by atoms with van der Waals surface area (Å²) >= 11 is 0. The average Bonchev–Trinajstić information content (AvgIpc) is 2.76. The number of likely N-dealkylation sites (tertiary alicyclic amines) is 1. The van der Waals surface area contributed by atoms with Crippen LogP contribution >= 0.6 is 0 Å². The number of amides is 3. The van der Waals surface area contributed by atoms with Crippen LogP contribution in [0.3, 0.4) is 0 Å². The number of nitrogens with one attached hydrogen (secondary N) is 2. The highest BCUT2D eigenvalue weighted by atomic mass is 16.2. The maximum Gasteiger partial charge on any atom is 0.322 e. The highest BCUT2D eigenvalue weighted by Gasteiger charge is 2.47. The molecule has 2 aliphatic heterocycles. The van der Waals surface area contributed by atoms with Gasteiger partial charge in [-0.15, -0.1) is 0 Å². The van der Waals surface area contributed by atoms with Gasteiger partial charge in [0.15, 0.2) is 5.78 Å². The second-order valence-corrected chi connectivity index (χ2v) is 6.06. The number of piperidine rings is 1. The number of nitrogens with zero attached hydrogens (tertiary/aromatic N) is 1. The van der Waals surface area contributed by atoms with E-state index in [2.05, 4.69) is 10.6 Å². The summed E-state index contributed by atoms with van der Waals surface area (Å²) in [7, 11) is 0. The molecular weight excluding hydrogens is 282 g/mol. The largest absolute Gasteiger partial charge is 0.323 e. The molecule has 22 heavy (non-hydrogen) atoms. The zero-order chi connectivity index (χ0) is 15.7. The molecule has 0 aliphatic carbocycles. The highest BCUT2D eigenvalue weighted by Crippen LogP contribution is 2.25. The van der Waals surface area contributed by atoms with E-state index >= 15 is 0 Å².